The number of hydrogen-bond acceptors (Lipinski definition) is 2. The molecule has 2 nitrogen and oxygen atoms in total. The Morgan fingerprint density at radius 1 is 0.333 bits per heavy atom. The predicted octanol–water partition coefficient (Wildman–Crippen LogP) is 13.5. The molecule has 11 aromatic rings. The predicted molar refractivity (Wildman–Crippen MR) is 215 cm³/mol. The van der Waals surface area contributed by atoms with E-state index in [9.17, 15) is 0 Å². The molecule has 0 fully saturated rings. The van der Waals surface area contributed by atoms with Gasteiger partial charge in [-0.15, -0.1) is 0 Å². The Kier molecular flexibility index (Phi) is 6.30. The summed E-state index contributed by atoms with van der Waals surface area (Å²) in [7, 11) is 0. The Hall–Kier alpha value is -6.12. The number of furan rings is 2. The average molecular weight is 716 g/mol. The Morgan fingerprint density at radius 3 is 1.24 bits per heavy atom. The summed E-state index contributed by atoms with van der Waals surface area (Å²) in [6.45, 7) is 0. The first kappa shape index (κ1) is 28.7. The van der Waals surface area contributed by atoms with Gasteiger partial charge >= 0.3 is 301 Å². The van der Waals surface area contributed by atoms with E-state index >= 15 is 0 Å². The zero-order valence-corrected chi connectivity index (χ0v) is 29.1. The van der Waals surface area contributed by atoms with Crippen LogP contribution in [0.25, 0.3) is 107 Å². The molecule has 0 aliphatic rings. The molecule has 0 unspecified atom stereocenters. The van der Waals surface area contributed by atoms with Crippen LogP contribution in [-0.4, -0.2) is 14.5 Å². The average Bonchev–Trinajstić information content (AvgIpc) is 3.98. The van der Waals surface area contributed by atoms with Crippen LogP contribution in [0.3, 0.4) is 0 Å². The summed E-state index contributed by atoms with van der Waals surface area (Å²) in [6.07, 6.45) is 7.25. The Bertz CT molecular complexity index is 3010. The van der Waals surface area contributed by atoms with Crippen LogP contribution < -0.4 is 0 Å². The first-order valence-electron chi connectivity index (χ1n) is 17.2. The molecule has 0 spiro atoms. The molecule has 0 aliphatic carbocycles. The molecule has 0 saturated heterocycles. The zero-order chi connectivity index (χ0) is 33.5. The second-order valence-corrected chi connectivity index (χ2v) is 15.5. The van der Waals surface area contributed by atoms with Crippen molar-refractivity contribution in [2.24, 2.45) is 0 Å². The van der Waals surface area contributed by atoms with Crippen LogP contribution >= 0.6 is 0 Å². The standard InChI is InChI=1S/C48H28O2Se/c1-3-12-34-32(10-1)44(33-11-2-4-13-35(33)45(34)30-22-24-49-27-30)29-20-21-40-43(26-29)51-42-19-9-18-41(48(40)42)47-38-16-7-5-14-36(38)46(31-23-25-50-28-31)37-15-6-8-17-39(37)47/h1-28H. The molecule has 0 N–H and O–H groups in total. The van der Waals surface area contributed by atoms with Gasteiger partial charge in [0.1, 0.15) is 0 Å². The van der Waals surface area contributed by atoms with Crippen LogP contribution in [0.4, 0.5) is 0 Å². The van der Waals surface area contributed by atoms with Crippen molar-refractivity contribution in [2.45, 2.75) is 0 Å². The summed E-state index contributed by atoms with van der Waals surface area (Å²) < 4.78 is 14.0. The first-order valence-corrected chi connectivity index (χ1v) is 18.9. The van der Waals surface area contributed by atoms with Gasteiger partial charge in [0.05, 0.1) is 0 Å². The van der Waals surface area contributed by atoms with Crippen molar-refractivity contribution < 1.29 is 8.83 Å². The Labute approximate surface area is 299 Å². The molecule has 51 heavy (non-hydrogen) atoms. The van der Waals surface area contributed by atoms with Crippen LogP contribution in [0.15, 0.2) is 179 Å². The van der Waals surface area contributed by atoms with Gasteiger partial charge in [-0.2, -0.15) is 0 Å². The molecule has 0 aliphatic heterocycles. The third-order valence-electron chi connectivity index (χ3n) is 10.5. The SMILES string of the molecule is c1cc(-c2c3ccccc3c(-c3ccoc3)c3ccccc23)c2c(c1)[se]c1cc(-c3c4ccccc4c(-c4ccoc4)c4ccccc34)ccc12. The first-order chi connectivity index (χ1) is 25.3. The van der Waals surface area contributed by atoms with E-state index in [-0.39, 0.29) is 14.5 Å². The fraction of sp³-hybridized carbons (Fsp3) is 0. The monoisotopic (exact) mass is 716 g/mol. The summed E-state index contributed by atoms with van der Waals surface area (Å²) in [5.74, 6) is 0. The minimum atomic E-state index is 0.168. The van der Waals surface area contributed by atoms with Crippen molar-refractivity contribution in [3.63, 3.8) is 0 Å². The molecule has 3 heterocycles. The van der Waals surface area contributed by atoms with E-state index in [0.29, 0.717) is 0 Å². The molecule has 0 saturated carbocycles. The maximum absolute atomic E-state index is 5.59. The summed E-state index contributed by atoms with van der Waals surface area (Å²) in [5, 5.41) is 12.7. The molecule has 3 heteroatoms. The van der Waals surface area contributed by atoms with Crippen LogP contribution in [0.5, 0.6) is 0 Å². The van der Waals surface area contributed by atoms with Gasteiger partial charge in [0.2, 0.25) is 0 Å². The summed E-state index contributed by atoms with van der Waals surface area (Å²) in [4.78, 5) is 0. The van der Waals surface area contributed by atoms with Crippen molar-refractivity contribution in [3.8, 4) is 44.5 Å². The van der Waals surface area contributed by atoms with Crippen LogP contribution in [0.1, 0.15) is 0 Å². The van der Waals surface area contributed by atoms with Crippen LogP contribution in [0, 0.1) is 0 Å². The van der Waals surface area contributed by atoms with Gasteiger partial charge in [0, 0.05) is 0 Å². The molecule has 8 aromatic carbocycles. The van der Waals surface area contributed by atoms with E-state index in [1.165, 1.54) is 95.8 Å². The van der Waals surface area contributed by atoms with Crippen LogP contribution in [0.2, 0.25) is 0 Å². The normalized spacial score (nSPS) is 11.9. The van der Waals surface area contributed by atoms with Gasteiger partial charge in [-0.25, -0.2) is 0 Å². The minimum absolute atomic E-state index is 0.168. The van der Waals surface area contributed by atoms with E-state index in [1.54, 1.807) is 12.5 Å². The third kappa shape index (κ3) is 4.23. The topological polar surface area (TPSA) is 26.3 Å². The van der Waals surface area contributed by atoms with Crippen molar-refractivity contribution >= 4 is 76.9 Å². The maximum atomic E-state index is 5.59. The second-order valence-electron chi connectivity index (χ2n) is 13.2. The summed E-state index contributed by atoms with van der Waals surface area (Å²) >= 11 is 0.168. The van der Waals surface area contributed by atoms with Gasteiger partial charge < -0.3 is 0 Å². The van der Waals surface area contributed by atoms with E-state index in [0.717, 1.165) is 11.1 Å². The number of rotatable bonds is 4. The van der Waals surface area contributed by atoms with Gasteiger partial charge in [0.25, 0.3) is 0 Å². The fourth-order valence-electron chi connectivity index (χ4n) is 8.48. The molecular formula is C48H28O2Se. The number of benzene rings is 8. The molecule has 11 rings (SSSR count). The van der Waals surface area contributed by atoms with Crippen molar-refractivity contribution in [3.05, 3.63) is 171 Å². The van der Waals surface area contributed by atoms with E-state index in [2.05, 4.69) is 146 Å². The zero-order valence-electron chi connectivity index (χ0n) is 27.4. The van der Waals surface area contributed by atoms with Gasteiger partial charge in [-0.1, -0.05) is 0 Å². The molecular weight excluding hydrogens is 687 g/mol. The third-order valence-corrected chi connectivity index (χ3v) is 12.9. The van der Waals surface area contributed by atoms with Crippen molar-refractivity contribution in [1.29, 1.82) is 0 Å². The number of fused-ring (bicyclic) bond motifs is 7. The molecule has 0 radical (unpaired) electrons. The van der Waals surface area contributed by atoms with Crippen molar-refractivity contribution in [1.82, 2.24) is 0 Å². The van der Waals surface area contributed by atoms with E-state index in [1.807, 2.05) is 12.5 Å². The second kappa shape index (κ2) is 11.2. The molecule has 238 valence electrons. The summed E-state index contributed by atoms with van der Waals surface area (Å²) in [6, 6.07) is 53.6. The quantitative estimate of drug-likeness (QED) is 0.134. The van der Waals surface area contributed by atoms with Crippen molar-refractivity contribution in [2.75, 3.05) is 0 Å². The van der Waals surface area contributed by atoms with Gasteiger partial charge in [-0.05, 0) is 0 Å². The molecule has 0 atom stereocenters. The fourth-order valence-corrected chi connectivity index (χ4v) is 10.9. The van der Waals surface area contributed by atoms with Crippen LogP contribution in [-0.2, 0) is 0 Å². The number of hydrogen-bond donors (Lipinski definition) is 0. The Balaban J connectivity index is 1.19. The molecule has 3 aromatic heterocycles. The molecule has 0 amide bonds. The Morgan fingerprint density at radius 2 is 0.784 bits per heavy atom. The van der Waals surface area contributed by atoms with E-state index < -0.39 is 0 Å². The van der Waals surface area contributed by atoms with Gasteiger partial charge in [0.15, 0.2) is 0 Å². The van der Waals surface area contributed by atoms with Gasteiger partial charge in [-0.3, -0.25) is 0 Å². The van der Waals surface area contributed by atoms with E-state index in [4.69, 9.17) is 8.83 Å². The molecule has 0 bridgehead atoms. The summed E-state index contributed by atoms with van der Waals surface area (Å²) in [5.41, 5.74) is 9.79.